The summed E-state index contributed by atoms with van der Waals surface area (Å²) in [5, 5.41) is 13.2. The third-order valence-electron chi connectivity index (χ3n) is 8.23. The molecule has 3 saturated heterocycles. The lowest BCUT2D eigenvalue weighted by atomic mass is 9.77. The van der Waals surface area contributed by atoms with Crippen LogP contribution in [0.2, 0.25) is 5.02 Å². The number of halogens is 3. The van der Waals surface area contributed by atoms with Crippen molar-refractivity contribution in [2.24, 2.45) is 5.92 Å². The van der Waals surface area contributed by atoms with Gasteiger partial charge in [-0.25, -0.2) is 28.3 Å². The molecule has 7 rings (SSSR count). The first-order valence-corrected chi connectivity index (χ1v) is 16.2. The zero-order chi connectivity index (χ0) is 34.2. The second-order valence-corrected chi connectivity index (χ2v) is 15.2. The Kier molecular flexibility index (Phi) is 7.96. The second kappa shape index (κ2) is 11.5. The highest BCUT2D eigenvalue weighted by Gasteiger charge is 2.54. The maximum Gasteiger partial charge on any atom is 0.412 e. The van der Waals surface area contributed by atoms with Gasteiger partial charge in [0.25, 0.3) is 0 Å². The Bertz CT molecular complexity index is 1990. The van der Waals surface area contributed by atoms with E-state index in [1.54, 1.807) is 31.7 Å². The van der Waals surface area contributed by atoms with Gasteiger partial charge in [-0.2, -0.15) is 5.26 Å². The molecule has 3 fully saturated rings. The SMILES string of the molecule is CC1C2CN(c3ncnc4c(F)c(-c5ccc(F)c6sc(NC(=O)OC(C)(C)C)c(C#N)c56)c(Cl)cc34)CC1N2C(=O)OC(C)(C)C. The third-order valence-corrected chi connectivity index (χ3v) is 9.65. The van der Waals surface area contributed by atoms with Gasteiger partial charge in [-0.1, -0.05) is 24.6 Å². The van der Waals surface area contributed by atoms with Gasteiger partial charge in [0.15, 0.2) is 5.82 Å². The molecule has 4 aromatic rings. The van der Waals surface area contributed by atoms with Gasteiger partial charge in [-0.15, -0.1) is 11.3 Å². The van der Waals surface area contributed by atoms with E-state index in [0.717, 1.165) is 17.4 Å². The van der Waals surface area contributed by atoms with Crippen molar-refractivity contribution < 1.29 is 27.8 Å². The number of nitrogens with one attached hydrogen (secondary N) is 1. The minimum absolute atomic E-state index is 0.00150. The largest absolute Gasteiger partial charge is 0.444 e. The maximum atomic E-state index is 16.6. The number of hydrogen-bond donors (Lipinski definition) is 1. The molecular weight excluding hydrogens is 650 g/mol. The highest BCUT2D eigenvalue weighted by Crippen LogP contribution is 2.47. The van der Waals surface area contributed by atoms with E-state index in [1.165, 1.54) is 12.4 Å². The minimum atomic E-state index is -0.819. The molecule has 2 bridgehead atoms. The van der Waals surface area contributed by atoms with Crippen molar-refractivity contribution in [3.05, 3.63) is 46.7 Å². The Labute approximate surface area is 279 Å². The molecule has 246 valence electrons. The highest BCUT2D eigenvalue weighted by molar-refractivity contribution is 7.23. The summed E-state index contributed by atoms with van der Waals surface area (Å²) in [6, 6.07) is 5.87. The number of nitriles is 1. The fourth-order valence-corrected chi connectivity index (χ4v) is 7.65. The molecule has 10 nitrogen and oxygen atoms in total. The van der Waals surface area contributed by atoms with Crippen molar-refractivity contribution in [1.29, 1.82) is 5.26 Å². The van der Waals surface area contributed by atoms with E-state index in [0.29, 0.717) is 24.3 Å². The molecule has 0 saturated carbocycles. The summed E-state index contributed by atoms with van der Waals surface area (Å²) in [7, 11) is 0. The van der Waals surface area contributed by atoms with Crippen molar-refractivity contribution in [3.8, 4) is 17.2 Å². The number of hydrogen-bond acceptors (Lipinski definition) is 9. The Morgan fingerprint density at radius 2 is 1.74 bits per heavy atom. The van der Waals surface area contributed by atoms with Crippen LogP contribution < -0.4 is 10.2 Å². The molecule has 1 N–H and O–H groups in total. The highest BCUT2D eigenvalue weighted by atomic mass is 35.5. The Balaban J connectivity index is 1.39. The van der Waals surface area contributed by atoms with Crippen molar-refractivity contribution in [2.75, 3.05) is 23.3 Å². The molecule has 2 amide bonds. The molecule has 2 atom stereocenters. The standard InChI is InChI=1S/C33H33ClF2N6O4S/c1-15-21-12-41(13-22(15)42(21)31(44)46-33(5,6)7)28-17-10-19(34)24(25(36)26(17)38-14-39-28)16-8-9-20(35)27-23(16)18(11-37)29(47-27)40-30(43)45-32(2,3)4/h8-10,14-15,21-22H,12-13H2,1-7H3,(H,40,43). The molecule has 2 aromatic heterocycles. The van der Waals surface area contributed by atoms with Crippen LogP contribution in [0.5, 0.6) is 0 Å². The lowest BCUT2D eigenvalue weighted by Gasteiger charge is -2.60. The summed E-state index contributed by atoms with van der Waals surface area (Å²) in [6.45, 7) is 13.5. The molecule has 5 heterocycles. The van der Waals surface area contributed by atoms with Gasteiger partial charge in [0.2, 0.25) is 0 Å². The summed E-state index contributed by atoms with van der Waals surface area (Å²) in [6.07, 6.45) is 0.0830. The number of piperidine rings is 1. The fourth-order valence-electron chi connectivity index (χ4n) is 6.29. The molecular formula is C33H33ClF2N6O4S. The lowest BCUT2D eigenvalue weighted by molar-refractivity contribution is -0.0719. The van der Waals surface area contributed by atoms with E-state index in [2.05, 4.69) is 22.2 Å². The quantitative estimate of drug-likeness (QED) is 0.230. The van der Waals surface area contributed by atoms with Crippen LogP contribution in [-0.2, 0) is 9.47 Å². The number of fused-ring (bicyclic) bond motifs is 4. The monoisotopic (exact) mass is 682 g/mol. The molecule has 2 aromatic carbocycles. The summed E-state index contributed by atoms with van der Waals surface area (Å²) >= 11 is 7.63. The Hall–Kier alpha value is -4.28. The Morgan fingerprint density at radius 3 is 2.36 bits per heavy atom. The van der Waals surface area contributed by atoms with Gasteiger partial charge in [0.05, 0.1) is 27.4 Å². The number of carbonyl (C=O) groups is 2. The summed E-state index contributed by atoms with van der Waals surface area (Å²) < 4.78 is 42.7. The summed E-state index contributed by atoms with van der Waals surface area (Å²) in [4.78, 5) is 37.9. The first-order valence-electron chi connectivity index (χ1n) is 15.0. The minimum Gasteiger partial charge on any atom is -0.444 e. The van der Waals surface area contributed by atoms with Crippen LogP contribution in [0.1, 0.15) is 54.0 Å². The average Bonchev–Trinajstić information content (AvgIpc) is 3.34. The molecule has 3 aliphatic heterocycles. The molecule has 3 aliphatic rings. The number of nitrogens with zero attached hydrogens (tertiary/aromatic N) is 5. The van der Waals surface area contributed by atoms with Gasteiger partial charge in [-0.05, 0) is 59.2 Å². The van der Waals surface area contributed by atoms with Crippen LogP contribution in [0.15, 0.2) is 24.5 Å². The molecule has 0 spiro atoms. The van der Waals surface area contributed by atoms with Crippen LogP contribution in [-0.4, -0.2) is 63.4 Å². The van der Waals surface area contributed by atoms with Crippen molar-refractivity contribution in [2.45, 2.75) is 71.8 Å². The number of amides is 2. The van der Waals surface area contributed by atoms with Crippen molar-refractivity contribution >= 4 is 66.9 Å². The summed E-state index contributed by atoms with van der Waals surface area (Å²) in [5.74, 6) is -0.710. The van der Waals surface area contributed by atoms with Gasteiger partial charge < -0.3 is 14.4 Å². The predicted octanol–water partition coefficient (Wildman–Crippen LogP) is 8.11. The molecule has 2 unspecified atom stereocenters. The van der Waals surface area contributed by atoms with E-state index >= 15 is 8.78 Å². The molecule has 0 aliphatic carbocycles. The zero-order valence-corrected chi connectivity index (χ0v) is 28.4. The van der Waals surface area contributed by atoms with E-state index in [9.17, 15) is 14.9 Å². The summed E-state index contributed by atoms with van der Waals surface area (Å²) in [5.41, 5.74) is -1.40. The molecule has 47 heavy (non-hydrogen) atoms. The van der Waals surface area contributed by atoms with Gasteiger partial charge in [0.1, 0.15) is 45.8 Å². The van der Waals surface area contributed by atoms with Gasteiger partial charge >= 0.3 is 12.2 Å². The van der Waals surface area contributed by atoms with Crippen LogP contribution in [0.25, 0.3) is 32.1 Å². The smallest absolute Gasteiger partial charge is 0.412 e. The number of rotatable bonds is 3. The van der Waals surface area contributed by atoms with E-state index in [1.807, 2.05) is 31.7 Å². The van der Waals surface area contributed by atoms with Crippen LogP contribution in [0.4, 0.5) is 29.2 Å². The van der Waals surface area contributed by atoms with E-state index < -0.39 is 28.9 Å². The average molecular weight is 683 g/mol. The Morgan fingerprint density at radius 1 is 1.09 bits per heavy atom. The van der Waals surface area contributed by atoms with Crippen LogP contribution >= 0.6 is 22.9 Å². The second-order valence-electron chi connectivity index (χ2n) is 13.8. The molecule has 14 heteroatoms. The first-order chi connectivity index (χ1) is 22.0. The topological polar surface area (TPSA) is 121 Å². The van der Waals surface area contributed by atoms with Crippen molar-refractivity contribution in [1.82, 2.24) is 14.9 Å². The predicted molar refractivity (Wildman–Crippen MR) is 177 cm³/mol. The lowest BCUT2D eigenvalue weighted by Crippen LogP contribution is -2.75. The van der Waals surface area contributed by atoms with E-state index in [4.69, 9.17) is 21.1 Å². The van der Waals surface area contributed by atoms with Gasteiger partial charge in [-0.3, -0.25) is 10.2 Å². The number of piperazine rings is 1. The maximum absolute atomic E-state index is 16.6. The zero-order valence-electron chi connectivity index (χ0n) is 26.9. The fraction of sp³-hybridized carbons (Fsp3) is 0.424. The number of carbonyl (C=O) groups excluding carboxylic acids is 2. The first kappa shape index (κ1) is 32.7. The van der Waals surface area contributed by atoms with Crippen LogP contribution in [0, 0.1) is 28.9 Å². The number of aromatic nitrogens is 2. The van der Waals surface area contributed by atoms with Gasteiger partial charge in [0, 0.05) is 35.3 Å². The van der Waals surface area contributed by atoms with Crippen molar-refractivity contribution in [3.63, 3.8) is 0 Å². The third kappa shape index (κ3) is 5.78. The number of thiophene rings is 1. The molecule has 0 radical (unpaired) electrons. The van der Waals surface area contributed by atoms with Crippen LogP contribution in [0.3, 0.4) is 0 Å². The number of benzene rings is 2. The number of anilines is 2. The number of ether oxygens (including phenoxy) is 2. The normalized spacial score (nSPS) is 19.4. The van der Waals surface area contributed by atoms with E-state index in [-0.39, 0.29) is 66.4 Å².